The Balaban J connectivity index is 2.44. The number of carboxylic acid groups (broad SMARTS) is 1. The predicted molar refractivity (Wildman–Crippen MR) is 74.4 cm³/mol. The average molecular weight is 264 g/mol. The predicted octanol–water partition coefficient (Wildman–Crippen LogP) is 2.80. The van der Waals surface area contributed by atoms with E-state index in [-0.39, 0.29) is 13.0 Å². The largest absolute Gasteiger partial charge is 0.481 e. The fourth-order valence-corrected chi connectivity index (χ4v) is 1.59. The molecule has 1 unspecified atom stereocenters. The summed E-state index contributed by atoms with van der Waals surface area (Å²) in [7, 11) is 0. The summed E-state index contributed by atoms with van der Waals surface area (Å²) in [5.74, 6) is -0.434. The Hall–Kier alpha value is -2.04. The number of hydrogen-bond donors (Lipinski definition) is 3. The molecule has 0 heterocycles. The Kier molecular flexibility index (Phi) is 5.85. The Morgan fingerprint density at radius 3 is 2.42 bits per heavy atom. The minimum atomic E-state index is -0.932. The van der Waals surface area contributed by atoms with Gasteiger partial charge >= 0.3 is 12.0 Å². The zero-order chi connectivity index (χ0) is 14.3. The summed E-state index contributed by atoms with van der Waals surface area (Å²) in [6, 6.07) is 7.27. The molecule has 0 saturated carbocycles. The molecule has 1 aromatic carbocycles. The normalized spacial score (nSPS) is 11.7. The summed E-state index contributed by atoms with van der Waals surface area (Å²) in [5, 5.41) is 13.6. The van der Waals surface area contributed by atoms with Gasteiger partial charge in [-0.25, -0.2) is 4.79 Å². The standard InChI is InChI=1S/C14H20N2O3/c1-3-10(2)11-4-6-12(7-5-11)16-14(19)15-9-8-13(17)18/h4-7,10H,3,8-9H2,1-2H3,(H,17,18)(H2,15,16,19). The van der Waals surface area contributed by atoms with E-state index in [1.54, 1.807) is 0 Å². The number of carboxylic acids is 1. The van der Waals surface area contributed by atoms with Crippen LogP contribution >= 0.6 is 0 Å². The molecule has 19 heavy (non-hydrogen) atoms. The van der Waals surface area contributed by atoms with Crippen molar-refractivity contribution in [2.24, 2.45) is 0 Å². The number of carbonyl (C=O) groups is 2. The molecule has 1 rings (SSSR count). The third kappa shape index (κ3) is 5.42. The molecule has 1 aromatic rings. The van der Waals surface area contributed by atoms with Crippen LogP contribution < -0.4 is 10.6 Å². The van der Waals surface area contributed by atoms with Crippen molar-refractivity contribution in [1.82, 2.24) is 5.32 Å². The van der Waals surface area contributed by atoms with E-state index >= 15 is 0 Å². The van der Waals surface area contributed by atoms with Crippen LogP contribution in [0.25, 0.3) is 0 Å². The van der Waals surface area contributed by atoms with E-state index in [1.165, 1.54) is 5.56 Å². The van der Waals surface area contributed by atoms with Crippen molar-refractivity contribution in [3.8, 4) is 0 Å². The minimum Gasteiger partial charge on any atom is -0.481 e. The molecular weight excluding hydrogens is 244 g/mol. The summed E-state index contributed by atoms with van der Waals surface area (Å²) in [6.07, 6.45) is 0.989. The molecule has 0 aliphatic rings. The van der Waals surface area contributed by atoms with Gasteiger partial charge in [-0.1, -0.05) is 26.0 Å². The smallest absolute Gasteiger partial charge is 0.319 e. The fourth-order valence-electron chi connectivity index (χ4n) is 1.59. The number of anilines is 1. The van der Waals surface area contributed by atoms with Gasteiger partial charge in [-0.3, -0.25) is 4.79 Å². The maximum absolute atomic E-state index is 11.5. The molecule has 0 aliphatic heterocycles. The van der Waals surface area contributed by atoms with Crippen molar-refractivity contribution < 1.29 is 14.7 Å². The molecule has 0 radical (unpaired) electrons. The quantitative estimate of drug-likeness (QED) is 0.739. The van der Waals surface area contributed by atoms with Gasteiger partial charge in [0.05, 0.1) is 6.42 Å². The zero-order valence-electron chi connectivity index (χ0n) is 11.3. The molecule has 5 heteroatoms. The molecule has 2 amide bonds. The molecular formula is C14H20N2O3. The van der Waals surface area contributed by atoms with Crippen LogP contribution in [0.4, 0.5) is 10.5 Å². The van der Waals surface area contributed by atoms with Crippen molar-refractivity contribution in [1.29, 1.82) is 0 Å². The lowest BCUT2D eigenvalue weighted by Gasteiger charge is -2.10. The second-order valence-electron chi connectivity index (χ2n) is 4.46. The summed E-state index contributed by atoms with van der Waals surface area (Å²) in [5.41, 5.74) is 1.93. The number of carbonyl (C=O) groups excluding carboxylic acids is 1. The van der Waals surface area contributed by atoms with Crippen molar-refractivity contribution in [2.45, 2.75) is 32.6 Å². The van der Waals surface area contributed by atoms with Crippen LogP contribution in [0.15, 0.2) is 24.3 Å². The first kappa shape index (κ1) is 15.0. The lowest BCUT2D eigenvalue weighted by atomic mass is 9.99. The lowest BCUT2D eigenvalue weighted by molar-refractivity contribution is -0.136. The van der Waals surface area contributed by atoms with Gasteiger partial charge in [0.25, 0.3) is 0 Å². The second kappa shape index (κ2) is 7.41. The van der Waals surface area contributed by atoms with E-state index in [0.29, 0.717) is 11.6 Å². The molecule has 0 fully saturated rings. The number of nitrogens with one attached hydrogen (secondary N) is 2. The van der Waals surface area contributed by atoms with E-state index in [0.717, 1.165) is 6.42 Å². The highest BCUT2D eigenvalue weighted by Gasteiger charge is 2.05. The van der Waals surface area contributed by atoms with Gasteiger partial charge in [-0.2, -0.15) is 0 Å². The number of amides is 2. The maximum atomic E-state index is 11.5. The van der Waals surface area contributed by atoms with Crippen LogP contribution in [0, 0.1) is 0 Å². The van der Waals surface area contributed by atoms with Gasteiger partial charge < -0.3 is 15.7 Å². The highest BCUT2D eigenvalue weighted by molar-refractivity contribution is 5.89. The molecule has 1 atom stereocenters. The number of aliphatic carboxylic acids is 1. The SMILES string of the molecule is CCC(C)c1ccc(NC(=O)NCCC(=O)O)cc1. The van der Waals surface area contributed by atoms with Gasteiger partial charge in [-0.15, -0.1) is 0 Å². The first-order valence-electron chi connectivity index (χ1n) is 6.39. The van der Waals surface area contributed by atoms with Crippen molar-refractivity contribution in [2.75, 3.05) is 11.9 Å². The molecule has 0 aliphatic carbocycles. The lowest BCUT2D eigenvalue weighted by Crippen LogP contribution is -2.30. The third-order valence-corrected chi connectivity index (χ3v) is 2.97. The van der Waals surface area contributed by atoms with Crippen LogP contribution in [0.1, 0.15) is 38.2 Å². The van der Waals surface area contributed by atoms with Crippen molar-refractivity contribution in [3.63, 3.8) is 0 Å². The Morgan fingerprint density at radius 2 is 1.89 bits per heavy atom. The topological polar surface area (TPSA) is 78.4 Å². The van der Waals surface area contributed by atoms with Gasteiger partial charge in [0.1, 0.15) is 0 Å². The van der Waals surface area contributed by atoms with Crippen molar-refractivity contribution in [3.05, 3.63) is 29.8 Å². The molecule has 5 nitrogen and oxygen atoms in total. The molecule has 3 N–H and O–H groups in total. The first-order chi connectivity index (χ1) is 9.02. The van der Waals surface area contributed by atoms with E-state index in [4.69, 9.17) is 5.11 Å². The van der Waals surface area contributed by atoms with Gasteiger partial charge in [-0.05, 0) is 30.0 Å². The number of rotatable bonds is 6. The number of hydrogen-bond acceptors (Lipinski definition) is 2. The highest BCUT2D eigenvalue weighted by Crippen LogP contribution is 2.20. The molecule has 0 saturated heterocycles. The fraction of sp³-hybridized carbons (Fsp3) is 0.429. The van der Waals surface area contributed by atoms with Gasteiger partial charge in [0.2, 0.25) is 0 Å². The number of benzene rings is 1. The highest BCUT2D eigenvalue weighted by atomic mass is 16.4. The Bertz CT molecular complexity index is 429. The molecule has 0 aromatic heterocycles. The minimum absolute atomic E-state index is 0.0830. The van der Waals surface area contributed by atoms with Crippen LogP contribution in [0.2, 0.25) is 0 Å². The Labute approximate surface area is 113 Å². The zero-order valence-corrected chi connectivity index (χ0v) is 11.3. The van der Waals surface area contributed by atoms with E-state index in [1.807, 2.05) is 24.3 Å². The van der Waals surface area contributed by atoms with E-state index in [9.17, 15) is 9.59 Å². The first-order valence-corrected chi connectivity index (χ1v) is 6.39. The van der Waals surface area contributed by atoms with Gasteiger partial charge in [0, 0.05) is 12.2 Å². The molecule has 0 bridgehead atoms. The molecule has 0 spiro atoms. The monoisotopic (exact) mass is 264 g/mol. The summed E-state index contributed by atoms with van der Waals surface area (Å²) < 4.78 is 0. The average Bonchev–Trinajstić information content (AvgIpc) is 2.38. The summed E-state index contributed by atoms with van der Waals surface area (Å²) in [4.78, 5) is 21.8. The maximum Gasteiger partial charge on any atom is 0.319 e. The second-order valence-corrected chi connectivity index (χ2v) is 4.46. The van der Waals surface area contributed by atoms with Crippen LogP contribution in [-0.4, -0.2) is 23.7 Å². The van der Waals surface area contributed by atoms with E-state index < -0.39 is 12.0 Å². The van der Waals surface area contributed by atoms with Crippen LogP contribution in [0.3, 0.4) is 0 Å². The van der Waals surface area contributed by atoms with Gasteiger partial charge in [0.15, 0.2) is 0 Å². The Morgan fingerprint density at radius 1 is 1.26 bits per heavy atom. The van der Waals surface area contributed by atoms with Crippen LogP contribution in [0.5, 0.6) is 0 Å². The number of urea groups is 1. The van der Waals surface area contributed by atoms with E-state index in [2.05, 4.69) is 24.5 Å². The van der Waals surface area contributed by atoms with Crippen molar-refractivity contribution >= 4 is 17.7 Å². The molecule has 104 valence electrons. The third-order valence-electron chi connectivity index (χ3n) is 2.97. The summed E-state index contributed by atoms with van der Waals surface area (Å²) >= 11 is 0. The summed E-state index contributed by atoms with van der Waals surface area (Å²) in [6.45, 7) is 4.40. The van der Waals surface area contributed by atoms with Crippen LogP contribution in [-0.2, 0) is 4.79 Å².